The molecule has 0 aromatic heterocycles. The molecular weight excluding hydrogens is 268 g/mol. The van der Waals surface area contributed by atoms with Crippen LogP contribution in [0.3, 0.4) is 0 Å². The molecule has 2 nitrogen and oxygen atoms in total. The first-order valence-electron chi connectivity index (χ1n) is 8.54. The molecule has 0 spiro atoms. The van der Waals surface area contributed by atoms with Crippen molar-refractivity contribution in [3.63, 3.8) is 0 Å². The number of hydrogen-bond acceptors (Lipinski definition) is 2. The summed E-state index contributed by atoms with van der Waals surface area (Å²) in [6.07, 6.45) is 17.6. The third-order valence-corrected chi connectivity index (χ3v) is 5.02. The van der Waals surface area contributed by atoms with Crippen LogP contribution in [0.4, 0.5) is 0 Å². The lowest BCUT2D eigenvalue weighted by molar-refractivity contribution is 0.104. The lowest BCUT2D eigenvalue weighted by Gasteiger charge is -2.42. The summed E-state index contributed by atoms with van der Waals surface area (Å²) < 4.78 is 0. The number of likely N-dealkylation sites (N-methyl/N-ethyl adjacent to an activating group) is 1. The average molecular weight is 303 g/mol. The highest BCUT2D eigenvalue weighted by Gasteiger charge is 2.32. The van der Waals surface area contributed by atoms with Crippen LogP contribution in [0.2, 0.25) is 0 Å². The van der Waals surface area contributed by atoms with E-state index in [1.165, 1.54) is 25.7 Å². The molecular formula is C20H34N2. The first-order valence-corrected chi connectivity index (χ1v) is 8.54. The molecule has 1 saturated carbocycles. The summed E-state index contributed by atoms with van der Waals surface area (Å²) in [4.78, 5) is 6.49. The molecule has 1 fully saturated rings. The monoisotopic (exact) mass is 302 g/mol. The molecule has 0 aromatic rings. The van der Waals surface area contributed by atoms with Crippen LogP contribution in [0, 0.1) is 11.3 Å². The standard InChI is InChI=1S/C20H34N2/c1-7-19(17(2)3)22(6)18-11-14-20(4,15-12-18)13-9-8-10-16-21-5/h7-10,13,16-19H,1,11-12,14-15H2,2-6H3/b10-8-,13-9+,21-16?. The maximum Gasteiger partial charge on any atom is 0.0298 e. The number of nitrogens with zero attached hydrogens (tertiary/aromatic N) is 2. The van der Waals surface area contributed by atoms with Gasteiger partial charge in [-0.15, -0.1) is 6.58 Å². The fourth-order valence-electron chi connectivity index (χ4n) is 3.48. The van der Waals surface area contributed by atoms with Crippen molar-refractivity contribution in [1.82, 2.24) is 4.90 Å². The highest BCUT2D eigenvalue weighted by molar-refractivity contribution is 5.71. The molecule has 0 amide bonds. The second kappa shape index (κ2) is 9.09. The summed E-state index contributed by atoms with van der Waals surface area (Å²) in [5, 5.41) is 0. The van der Waals surface area contributed by atoms with Gasteiger partial charge >= 0.3 is 0 Å². The van der Waals surface area contributed by atoms with Crippen LogP contribution in [0.15, 0.2) is 42.0 Å². The summed E-state index contributed by atoms with van der Waals surface area (Å²) in [5.41, 5.74) is 0.340. The Morgan fingerprint density at radius 3 is 2.32 bits per heavy atom. The molecule has 0 aliphatic heterocycles. The molecule has 0 aromatic carbocycles. The van der Waals surface area contributed by atoms with E-state index in [1.807, 2.05) is 12.3 Å². The van der Waals surface area contributed by atoms with E-state index in [0.29, 0.717) is 23.4 Å². The predicted molar refractivity (Wildman–Crippen MR) is 99.6 cm³/mol. The average Bonchev–Trinajstić information content (AvgIpc) is 2.48. The molecule has 1 aliphatic rings. The Bertz CT molecular complexity index is 409. The Kier molecular flexibility index (Phi) is 7.81. The van der Waals surface area contributed by atoms with Crippen LogP contribution in [0.25, 0.3) is 0 Å². The molecule has 124 valence electrons. The van der Waals surface area contributed by atoms with Gasteiger partial charge in [-0.3, -0.25) is 9.89 Å². The van der Waals surface area contributed by atoms with E-state index in [-0.39, 0.29) is 0 Å². The van der Waals surface area contributed by atoms with Gasteiger partial charge in [-0.1, -0.05) is 45.1 Å². The van der Waals surface area contributed by atoms with Crippen LogP contribution >= 0.6 is 0 Å². The highest BCUT2D eigenvalue weighted by Crippen LogP contribution is 2.39. The summed E-state index contributed by atoms with van der Waals surface area (Å²) in [7, 11) is 4.06. The van der Waals surface area contributed by atoms with Gasteiger partial charge in [0.15, 0.2) is 0 Å². The van der Waals surface area contributed by atoms with Crippen molar-refractivity contribution in [2.45, 2.75) is 58.5 Å². The van der Waals surface area contributed by atoms with Gasteiger partial charge < -0.3 is 0 Å². The first kappa shape index (κ1) is 18.9. The van der Waals surface area contributed by atoms with E-state index < -0.39 is 0 Å². The van der Waals surface area contributed by atoms with Crippen molar-refractivity contribution in [1.29, 1.82) is 0 Å². The summed E-state index contributed by atoms with van der Waals surface area (Å²) in [6, 6.07) is 1.18. The van der Waals surface area contributed by atoms with Gasteiger partial charge in [-0.2, -0.15) is 0 Å². The van der Waals surface area contributed by atoms with Crippen molar-refractivity contribution in [3.05, 3.63) is 37.0 Å². The largest absolute Gasteiger partial charge is 0.297 e. The van der Waals surface area contributed by atoms with E-state index in [1.54, 1.807) is 7.05 Å². The lowest BCUT2D eigenvalue weighted by Crippen LogP contribution is -2.44. The Morgan fingerprint density at radius 1 is 1.18 bits per heavy atom. The quantitative estimate of drug-likeness (QED) is 0.371. The first-order chi connectivity index (χ1) is 10.4. The zero-order valence-electron chi connectivity index (χ0n) is 15.1. The summed E-state index contributed by atoms with van der Waals surface area (Å²) in [5.74, 6) is 0.626. The van der Waals surface area contributed by atoms with E-state index >= 15 is 0 Å². The molecule has 2 heteroatoms. The van der Waals surface area contributed by atoms with Crippen LogP contribution < -0.4 is 0 Å². The van der Waals surface area contributed by atoms with E-state index in [2.05, 4.69) is 68.6 Å². The smallest absolute Gasteiger partial charge is 0.0298 e. The minimum absolute atomic E-state index is 0.340. The Balaban J connectivity index is 2.56. The van der Waals surface area contributed by atoms with E-state index in [9.17, 15) is 0 Å². The van der Waals surface area contributed by atoms with Gasteiger partial charge in [0.05, 0.1) is 0 Å². The van der Waals surface area contributed by atoms with Gasteiger partial charge in [-0.05, 0) is 50.1 Å². The Hall–Kier alpha value is -1.15. The Morgan fingerprint density at radius 2 is 1.82 bits per heavy atom. The third-order valence-electron chi connectivity index (χ3n) is 5.02. The zero-order chi connectivity index (χ0) is 16.6. The molecule has 1 atom stereocenters. The van der Waals surface area contributed by atoms with E-state index in [4.69, 9.17) is 0 Å². The molecule has 0 N–H and O–H groups in total. The number of rotatable bonds is 7. The van der Waals surface area contributed by atoms with Gasteiger partial charge in [-0.25, -0.2) is 0 Å². The fourth-order valence-corrected chi connectivity index (χ4v) is 3.48. The second-order valence-corrected chi connectivity index (χ2v) is 7.17. The molecule has 1 unspecified atom stereocenters. The number of hydrogen-bond donors (Lipinski definition) is 0. The number of aliphatic imine (C=N–C) groups is 1. The summed E-state index contributed by atoms with van der Waals surface area (Å²) >= 11 is 0. The second-order valence-electron chi connectivity index (χ2n) is 7.17. The normalized spacial score (nSPS) is 28.4. The molecule has 1 aliphatic carbocycles. The van der Waals surface area contributed by atoms with Gasteiger partial charge in [0.2, 0.25) is 0 Å². The van der Waals surface area contributed by atoms with E-state index in [0.717, 1.165) is 0 Å². The molecule has 0 heterocycles. The van der Waals surface area contributed by atoms with Crippen molar-refractivity contribution in [2.24, 2.45) is 16.3 Å². The van der Waals surface area contributed by atoms with Crippen molar-refractivity contribution >= 4 is 6.21 Å². The molecule has 0 saturated heterocycles. The van der Waals surface area contributed by atoms with Crippen LogP contribution in [-0.2, 0) is 0 Å². The zero-order valence-corrected chi connectivity index (χ0v) is 15.1. The van der Waals surface area contributed by atoms with Crippen LogP contribution in [0.1, 0.15) is 46.5 Å². The fraction of sp³-hybridized carbons (Fsp3) is 0.650. The SMILES string of the molecule is C=CC(C(C)C)N(C)C1CCC(C)(/C=C/C=C\C=NC)CC1. The summed E-state index contributed by atoms with van der Waals surface area (Å²) in [6.45, 7) is 11.0. The third kappa shape index (κ3) is 5.57. The van der Waals surface area contributed by atoms with Crippen molar-refractivity contribution < 1.29 is 0 Å². The van der Waals surface area contributed by atoms with Crippen LogP contribution in [-0.4, -0.2) is 37.3 Å². The van der Waals surface area contributed by atoms with Gasteiger partial charge in [0.1, 0.15) is 0 Å². The maximum atomic E-state index is 4.02. The molecule has 0 bridgehead atoms. The minimum atomic E-state index is 0.340. The van der Waals surface area contributed by atoms with Crippen molar-refractivity contribution in [3.8, 4) is 0 Å². The predicted octanol–water partition coefficient (Wildman–Crippen LogP) is 4.89. The molecule has 22 heavy (non-hydrogen) atoms. The lowest BCUT2D eigenvalue weighted by atomic mass is 9.73. The molecule has 1 rings (SSSR count). The van der Waals surface area contributed by atoms with Crippen molar-refractivity contribution in [2.75, 3.05) is 14.1 Å². The Labute approximate surface area is 137 Å². The minimum Gasteiger partial charge on any atom is -0.297 e. The maximum absolute atomic E-state index is 4.02. The van der Waals surface area contributed by atoms with Gasteiger partial charge in [0.25, 0.3) is 0 Å². The van der Waals surface area contributed by atoms with Crippen LogP contribution in [0.5, 0.6) is 0 Å². The molecule has 0 radical (unpaired) electrons. The highest BCUT2D eigenvalue weighted by atomic mass is 15.2. The topological polar surface area (TPSA) is 15.6 Å². The number of allylic oxidation sites excluding steroid dienone is 4. The van der Waals surface area contributed by atoms with Gasteiger partial charge in [0, 0.05) is 25.3 Å².